The van der Waals surface area contributed by atoms with Crippen molar-refractivity contribution in [2.45, 2.75) is 37.8 Å². The third-order valence-electron chi connectivity index (χ3n) is 3.16. The van der Waals surface area contributed by atoms with Gasteiger partial charge in [0.15, 0.2) is 0 Å². The lowest BCUT2D eigenvalue weighted by Gasteiger charge is -2.29. The molecule has 1 aliphatic carbocycles. The van der Waals surface area contributed by atoms with Crippen molar-refractivity contribution in [2.24, 2.45) is 0 Å². The minimum absolute atomic E-state index is 0.0227. The Bertz CT molecular complexity index is 414. The van der Waals surface area contributed by atoms with Crippen molar-refractivity contribution in [1.82, 2.24) is 0 Å². The van der Waals surface area contributed by atoms with E-state index < -0.39 is 0 Å². The lowest BCUT2D eigenvalue weighted by molar-refractivity contribution is 0.116. The van der Waals surface area contributed by atoms with Gasteiger partial charge in [0.2, 0.25) is 0 Å². The van der Waals surface area contributed by atoms with Crippen molar-refractivity contribution in [2.75, 3.05) is 11.1 Å². The molecule has 1 aromatic carbocycles. The van der Waals surface area contributed by atoms with Crippen molar-refractivity contribution in [3.05, 3.63) is 21.5 Å². The van der Waals surface area contributed by atoms with Crippen LogP contribution in [0.25, 0.3) is 0 Å². The largest absolute Gasteiger partial charge is 0.397 e. The molecule has 17 heavy (non-hydrogen) atoms. The highest BCUT2D eigenvalue weighted by atomic mass is 127. The van der Waals surface area contributed by atoms with Gasteiger partial charge in [-0.15, -0.1) is 0 Å². The average molecular weight is 350 g/mol. The first-order valence-corrected chi connectivity index (χ1v) is 6.85. The minimum atomic E-state index is -0.370. The van der Waals surface area contributed by atoms with Crippen molar-refractivity contribution in [3.63, 3.8) is 0 Å². The van der Waals surface area contributed by atoms with Gasteiger partial charge in [0.25, 0.3) is 0 Å². The Morgan fingerprint density at radius 2 is 2.06 bits per heavy atom. The van der Waals surface area contributed by atoms with Gasteiger partial charge in [-0.2, -0.15) is 0 Å². The second kappa shape index (κ2) is 5.39. The first-order valence-electron chi connectivity index (χ1n) is 5.77. The topological polar surface area (TPSA) is 58.3 Å². The molecule has 0 bridgehead atoms. The van der Waals surface area contributed by atoms with Crippen LogP contribution >= 0.6 is 22.6 Å². The number of halogens is 2. The summed E-state index contributed by atoms with van der Waals surface area (Å²) in [6.07, 6.45) is 3.46. The van der Waals surface area contributed by atoms with Crippen LogP contribution in [0.2, 0.25) is 0 Å². The summed E-state index contributed by atoms with van der Waals surface area (Å²) in [6, 6.07) is 2.98. The Hall–Kier alpha value is -0.560. The van der Waals surface area contributed by atoms with Gasteiger partial charge < -0.3 is 16.2 Å². The number of nitrogens with one attached hydrogen (secondary N) is 1. The van der Waals surface area contributed by atoms with Gasteiger partial charge in [0.05, 0.1) is 27.1 Å². The van der Waals surface area contributed by atoms with Gasteiger partial charge in [-0.3, -0.25) is 0 Å². The molecule has 0 spiro atoms. The predicted octanol–water partition coefficient (Wildman–Crippen LogP) is 2.73. The smallest absolute Gasteiger partial charge is 0.138 e. The van der Waals surface area contributed by atoms with Crippen molar-refractivity contribution in [3.8, 4) is 0 Å². The molecule has 2 atom stereocenters. The maximum atomic E-state index is 13.4. The summed E-state index contributed by atoms with van der Waals surface area (Å²) >= 11 is 1.91. The second-order valence-corrected chi connectivity index (χ2v) is 5.62. The average Bonchev–Trinajstić information content (AvgIpc) is 2.29. The second-order valence-electron chi connectivity index (χ2n) is 4.46. The van der Waals surface area contributed by atoms with Gasteiger partial charge >= 0.3 is 0 Å². The quantitative estimate of drug-likeness (QED) is 0.568. The highest BCUT2D eigenvalue weighted by Crippen LogP contribution is 2.28. The van der Waals surface area contributed by atoms with Crippen LogP contribution in [0.5, 0.6) is 0 Å². The number of nitrogen functional groups attached to an aromatic ring is 1. The van der Waals surface area contributed by atoms with Crippen LogP contribution in [-0.2, 0) is 0 Å². The number of rotatable bonds is 2. The van der Waals surface area contributed by atoms with Crippen molar-refractivity contribution in [1.29, 1.82) is 0 Å². The predicted molar refractivity (Wildman–Crippen MR) is 75.4 cm³/mol. The zero-order valence-corrected chi connectivity index (χ0v) is 11.6. The first-order chi connectivity index (χ1) is 8.08. The highest BCUT2D eigenvalue weighted by Gasteiger charge is 2.23. The first kappa shape index (κ1) is 12.9. The highest BCUT2D eigenvalue weighted by molar-refractivity contribution is 14.1. The Morgan fingerprint density at radius 1 is 1.35 bits per heavy atom. The van der Waals surface area contributed by atoms with Gasteiger partial charge in [-0.05, 0) is 41.5 Å². The Labute approximate surface area is 114 Å². The lowest BCUT2D eigenvalue weighted by atomic mass is 9.92. The molecular formula is C12H16FIN2O. The van der Waals surface area contributed by atoms with E-state index in [1.807, 2.05) is 22.6 Å². The van der Waals surface area contributed by atoms with Crippen LogP contribution in [0.4, 0.5) is 15.8 Å². The van der Waals surface area contributed by atoms with E-state index in [1.165, 1.54) is 6.07 Å². The van der Waals surface area contributed by atoms with E-state index in [1.54, 1.807) is 6.07 Å². The molecule has 1 fully saturated rings. The monoisotopic (exact) mass is 350 g/mol. The van der Waals surface area contributed by atoms with Crippen LogP contribution < -0.4 is 11.1 Å². The van der Waals surface area contributed by atoms with Gasteiger partial charge in [-0.25, -0.2) is 4.39 Å². The molecular weight excluding hydrogens is 334 g/mol. The van der Waals surface area contributed by atoms with Crippen LogP contribution in [0, 0.1) is 9.39 Å². The number of aliphatic hydroxyl groups is 1. The number of nitrogens with two attached hydrogens (primary N) is 1. The van der Waals surface area contributed by atoms with Gasteiger partial charge in [-0.1, -0.05) is 12.8 Å². The fraction of sp³-hybridized carbons (Fsp3) is 0.500. The third-order valence-corrected chi connectivity index (χ3v) is 3.99. The molecule has 1 aliphatic rings. The molecule has 5 heteroatoms. The molecule has 4 N–H and O–H groups in total. The molecule has 0 saturated heterocycles. The number of anilines is 2. The summed E-state index contributed by atoms with van der Waals surface area (Å²) in [5, 5.41) is 13.0. The van der Waals surface area contributed by atoms with E-state index in [2.05, 4.69) is 5.32 Å². The Kier molecular flexibility index (Phi) is 4.09. The molecule has 0 heterocycles. The summed E-state index contributed by atoms with van der Waals surface area (Å²) < 4.78 is 14.0. The summed E-state index contributed by atoms with van der Waals surface area (Å²) in [6.45, 7) is 0. The Morgan fingerprint density at radius 3 is 2.76 bits per heavy atom. The number of hydrogen-bond acceptors (Lipinski definition) is 3. The fourth-order valence-corrected chi connectivity index (χ4v) is 2.66. The molecule has 94 valence electrons. The minimum Gasteiger partial charge on any atom is -0.397 e. The maximum Gasteiger partial charge on any atom is 0.138 e. The molecule has 3 nitrogen and oxygen atoms in total. The summed E-state index contributed by atoms with van der Waals surface area (Å²) in [5.41, 5.74) is 6.94. The lowest BCUT2D eigenvalue weighted by Crippen LogP contribution is -2.36. The van der Waals surface area contributed by atoms with E-state index in [4.69, 9.17) is 5.73 Å². The summed E-state index contributed by atoms with van der Waals surface area (Å²) in [7, 11) is 0. The van der Waals surface area contributed by atoms with E-state index in [-0.39, 0.29) is 18.0 Å². The van der Waals surface area contributed by atoms with Crippen LogP contribution in [0.3, 0.4) is 0 Å². The maximum absolute atomic E-state index is 13.4. The standard InChI is InChI=1S/C12H16FIN2O/c13-7-5-11(9(15)6-8(7)14)16-10-3-1-2-4-12(10)17/h5-6,10,12,16-17H,1-4,15H2. The van der Waals surface area contributed by atoms with E-state index in [0.29, 0.717) is 14.9 Å². The van der Waals surface area contributed by atoms with Gasteiger partial charge in [0, 0.05) is 6.07 Å². The van der Waals surface area contributed by atoms with Crippen LogP contribution in [0.15, 0.2) is 12.1 Å². The molecule has 0 aromatic heterocycles. The Balaban J connectivity index is 2.15. The summed E-state index contributed by atoms with van der Waals surface area (Å²) in [4.78, 5) is 0. The molecule has 2 rings (SSSR count). The third kappa shape index (κ3) is 3.01. The van der Waals surface area contributed by atoms with Crippen LogP contribution in [0.1, 0.15) is 25.7 Å². The molecule has 2 unspecified atom stereocenters. The van der Waals surface area contributed by atoms with Crippen molar-refractivity contribution < 1.29 is 9.50 Å². The molecule has 0 radical (unpaired) electrons. The van der Waals surface area contributed by atoms with Crippen molar-refractivity contribution >= 4 is 34.0 Å². The van der Waals surface area contributed by atoms with Gasteiger partial charge in [0.1, 0.15) is 5.82 Å². The molecule has 0 aliphatic heterocycles. The van der Waals surface area contributed by atoms with E-state index in [9.17, 15) is 9.50 Å². The molecule has 1 saturated carbocycles. The zero-order chi connectivity index (χ0) is 12.4. The SMILES string of the molecule is Nc1cc(I)c(F)cc1NC1CCCCC1O. The summed E-state index contributed by atoms with van der Waals surface area (Å²) in [5.74, 6) is -0.285. The molecule has 0 amide bonds. The molecule has 1 aromatic rings. The van der Waals surface area contributed by atoms with E-state index >= 15 is 0 Å². The normalized spacial score (nSPS) is 24.6. The van der Waals surface area contributed by atoms with Crippen LogP contribution in [-0.4, -0.2) is 17.3 Å². The van der Waals surface area contributed by atoms with E-state index in [0.717, 1.165) is 25.7 Å². The fourth-order valence-electron chi connectivity index (χ4n) is 2.17. The zero-order valence-electron chi connectivity index (χ0n) is 9.42. The number of benzene rings is 1. The number of hydrogen-bond donors (Lipinski definition) is 3. The number of aliphatic hydroxyl groups excluding tert-OH is 1.